The minimum Gasteiger partial charge on any atom is -0.465 e. The van der Waals surface area contributed by atoms with Crippen LogP contribution in [-0.2, 0) is 40.1 Å². The zero-order valence-electron chi connectivity index (χ0n) is 42.6. The first-order valence-corrected chi connectivity index (χ1v) is 27.8. The number of unbranched alkanes of at least 4 members (excludes halogenated alkanes) is 29. The van der Waals surface area contributed by atoms with Gasteiger partial charge in [0.2, 0.25) is 0 Å². The van der Waals surface area contributed by atoms with Crippen molar-refractivity contribution in [2.75, 3.05) is 32.8 Å². The van der Waals surface area contributed by atoms with Crippen molar-refractivity contribution in [3.8, 4) is 0 Å². The van der Waals surface area contributed by atoms with Crippen LogP contribution in [0.15, 0.2) is 0 Å². The molecule has 0 fully saturated rings. The van der Waals surface area contributed by atoms with Crippen LogP contribution >= 0.6 is 0 Å². The molecule has 0 heterocycles. The average molecular weight is 957 g/mol. The summed E-state index contributed by atoms with van der Waals surface area (Å²) in [6.45, 7) is 18.1. The molecule has 0 aromatic heterocycles. The standard InChI is InChI=1S/C56H110NO4.Mo/c1-6-11-16-20-28-36-44-53(42-34-18-13-8-3)51-60-55(58)46-38-30-24-22-26-32-40-49-57(48-15-10-5)50-41-33-27-23-25-31-39-47-56(59)61-52-54(43-35-19-14-9-4)45-37-29-21-17-12-7-2;/h53-54H,5-52H2,1-4H3;/q-1;. The van der Waals surface area contributed by atoms with Crippen LogP contribution in [0.3, 0.4) is 0 Å². The zero-order valence-corrected chi connectivity index (χ0v) is 44.6. The van der Waals surface area contributed by atoms with Crippen molar-refractivity contribution >= 4 is 11.9 Å². The van der Waals surface area contributed by atoms with Gasteiger partial charge in [-0.25, -0.2) is 0 Å². The van der Waals surface area contributed by atoms with Crippen LogP contribution in [-0.4, -0.2) is 49.7 Å². The van der Waals surface area contributed by atoms with Crippen molar-refractivity contribution in [2.45, 2.75) is 297 Å². The third-order valence-corrected chi connectivity index (χ3v) is 13.3. The maximum atomic E-state index is 12.5. The Morgan fingerprint density at radius 3 is 0.952 bits per heavy atom. The van der Waals surface area contributed by atoms with Crippen molar-refractivity contribution in [3.63, 3.8) is 0 Å². The van der Waals surface area contributed by atoms with E-state index in [-0.39, 0.29) is 33.0 Å². The molecular weight excluding hydrogens is 847 g/mol. The normalized spacial score (nSPS) is 12.4. The molecule has 0 saturated carbocycles. The third-order valence-electron chi connectivity index (χ3n) is 13.3. The Bertz CT molecular complexity index is 820. The van der Waals surface area contributed by atoms with Crippen molar-refractivity contribution < 1.29 is 40.1 Å². The summed E-state index contributed by atoms with van der Waals surface area (Å²) in [5.74, 6) is 1.17. The quantitative estimate of drug-likeness (QED) is 0.0263. The number of carbonyl (C=O) groups is 2. The van der Waals surface area contributed by atoms with E-state index in [9.17, 15) is 9.59 Å². The van der Waals surface area contributed by atoms with E-state index < -0.39 is 0 Å². The van der Waals surface area contributed by atoms with E-state index in [0.29, 0.717) is 37.9 Å². The maximum absolute atomic E-state index is 12.5. The first kappa shape index (κ1) is 63.7. The minimum absolute atomic E-state index is 0. The molecule has 2 unspecified atom stereocenters. The molecule has 62 heavy (non-hydrogen) atoms. The summed E-state index contributed by atoms with van der Waals surface area (Å²) < 4.78 is 11.6. The largest absolute Gasteiger partial charge is 0.465 e. The predicted octanol–water partition coefficient (Wildman–Crippen LogP) is 17.9. The van der Waals surface area contributed by atoms with Crippen LogP contribution in [0.4, 0.5) is 0 Å². The van der Waals surface area contributed by atoms with Crippen molar-refractivity contribution in [1.29, 1.82) is 0 Å². The van der Waals surface area contributed by atoms with Gasteiger partial charge in [0.25, 0.3) is 0 Å². The summed E-state index contributed by atoms with van der Waals surface area (Å²) in [6.07, 6.45) is 51.8. The van der Waals surface area contributed by atoms with Crippen LogP contribution in [0, 0.1) is 18.8 Å². The number of esters is 2. The molecule has 0 saturated heterocycles. The molecule has 370 valence electrons. The minimum atomic E-state index is 0. The van der Waals surface area contributed by atoms with E-state index in [2.05, 4.69) is 39.5 Å². The second-order valence-electron chi connectivity index (χ2n) is 19.4. The summed E-state index contributed by atoms with van der Waals surface area (Å²) in [7, 11) is 0. The number of carbonyl (C=O) groups excluding carboxylic acids is 2. The first-order chi connectivity index (χ1) is 30.0. The Morgan fingerprint density at radius 2 is 0.629 bits per heavy atom. The number of rotatable bonds is 51. The average Bonchev–Trinajstić information content (AvgIpc) is 3.26. The van der Waals surface area contributed by atoms with Gasteiger partial charge in [-0.15, -0.1) is 0 Å². The molecule has 0 N–H and O–H groups in total. The topological polar surface area (TPSA) is 55.8 Å². The predicted molar refractivity (Wildman–Crippen MR) is 267 cm³/mol. The van der Waals surface area contributed by atoms with E-state index in [1.54, 1.807) is 0 Å². The zero-order chi connectivity index (χ0) is 44.5. The molecule has 0 bridgehead atoms. The van der Waals surface area contributed by atoms with Gasteiger partial charge in [0.05, 0.1) is 13.2 Å². The number of ether oxygens (including phenoxy) is 2. The van der Waals surface area contributed by atoms with E-state index in [1.807, 2.05) is 0 Å². The van der Waals surface area contributed by atoms with Gasteiger partial charge in [0, 0.05) is 33.9 Å². The van der Waals surface area contributed by atoms with Gasteiger partial charge in [-0.2, -0.15) is 6.42 Å². The molecule has 6 heteroatoms. The second-order valence-corrected chi connectivity index (χ2v) is 19.4. The fourth-order valence-corrected chi connectivity index (χ4v) is 8.98. The summed E-state index contributed by atoms with van der Waals surface area (Å²) >= 11 is 0. The molecule has 0 aromatic rings. The molecule has 0 radical (unpaired) electrons. The fourth-order valence-electron chi connectivity index (χ4n) is 8.98. The number of hydrogen-bond acceptors (Lipinski definition) is 5. The maximum Gasteiger partial charge on any atom is 0.305 e. The Hall–Kier alpha value is -0.412. The third kappa shape index (κ3) is 47.5. The Balaban J connectivity index is 0. The molecule has 0 aliphatic heterocycles. The Morgan fingerprint density at radius 1 is 0.371 bits per heavy atom. The Labute approximate surface area is 404 Å². The van der Waals surface area contributed by atoms with Crippen LogP contribution in [0.25, 0.3) is 0 Å². The van der Waals surface area contributed by atoms with Gasteiger partial charge >= 0.3 is 11.9 Å². The van der Waals surface area contributed by atoms with Crippen LogP contribution in [0.2, 0.25) is 0 Å². The van der Waals surface area contributed by atoms with Gasteiger partial charge in [0.1, 0.15) is 0 Å². The van der Waals surface area contributed by atoms with Crippen LogP contribution in [0.1, 0.15) is 297 Å². The molecule has 0 rings (SSSR count). The SMILES string of the molecule is [CH2-]CCCN(CCCCCCCCCC(=O)OCC(CCCCCC)CCCCCCCC)CCCCCCCCCC(=O)OCC(CCCCCC)CCCCCCCC.[Mo]. The van der Waals surface area contributed by atoms with E-state index >= 15 is 0 Å². The molecule has 0 amide bonds. The van der Waals surface area contributed by atoms with Crippen molar-refractivity contribution in [3.05, 3.63) is 6.92 Å². The molecule has 5 nitrogen and oxygen atoms in total. The molecule has 2 atom stereocenters. The monoisotopic (exact) mass is 959 g/mol. The van der Waals surface area contributed by atoms with Gasteiger partial charge in [0.15, 0.2) is 0 Å². The number of nitrogens with zero attached hydrogens (tertiary/aromatic N) is 1. The summed E-state index contributed by atoms with van der Waals surface area (Å²) in [5.41, 5.74) is 0. The van der Waals surface area contributed by atoms with Crippen LogP contribution in [0.5, 0.6) is 0 Å². The van der Waals surface area contributed by atoms with Gasteiger partial charge in [-0.05, 0) is 82.8 Å². The summed E-state index contributed by atoms with van der Waals surface area (Å²) in [6, 6.07) is 0. The second kappa shape index (κ2) is 53.2. The van der Waals surface area contributed by atoms with Crippen molar-refractivity contribution in [2.24, 2.45) is 11.8 Å². The Kier molecular flexibility index (Phi) is 54.6. The van der Waals surface area contributed by atoms with E-state index in [4.69, 9.17) is 9.47 Å². The van der Waals surface area contributed by atoms with Crippen LogP contribution < -0.4 is 0 Å². The van der Waals surface area contributed by atoms with E-state index in [0.717, 1.165) is 32.1 Å². The molecule has 0 aromatic carbocycles. The van der Waals surface area contributed by atoms with E-state index in [1.165, 1.54) is 244 Å². The summed E-state index contributed by atoms with van der Waals surface area (Å²) in [5, 5.41) is 0. The molecule has 0 spiro atoms. The van der Waals surface area contributed by atoms with Gasteiger partial charge in [-0.1, -0.05) is 227 Å². The smallest absolute Gasteiger partial charge is 0.305 e. The van der Waals surface area contributed by atoms with Gasteiger partial charge < -0.3 is 21.3 Å². The number of hydrogen-bond donors (Lipinski definition) is 0. The van der Waals surface area contributed by atoms with Gasteiger partial charge in [-0.3, -0.25) is 9.59 Å². The fraction of sp³-hybridized carbons (Fsp3) is 0.946. The molecule has 0 aliphatic carbocycles. The summed E-state index contributed by atoms with van der Waals surface area (Å²) in [4.78, 5) is 27.8. The molecular formula is C56H110MoNO4-. The molecule has 0 aliphatic rings. The van der Waals surface area contributed by atoms with Crippen molar-refractivity contribution in [1.82, 2.24) is 4.90 Å². The first-order valence-electron chi connectivity index (χ1n) is 27.8.